The molecule has 0 amide bonds. The topological polar surface area (TPSA) is 41.3 Å². The van der Waals surface area contributed by atoms with Gasteiger partial charge in [0.1, 0.15) is 0 Å². The maximum absolute atomic E-state index is 5.85. The zero-order chi connectivity index (χ0) is 14.2. The molecule has 0 aliphatic heterocycles. The van der Waals surface area contributed by atoms with Crippen LogP contribution in [0.1, 0.15) is 67.2 Å². The standard InChI is InChI=1S/C15H35N3/c1-7-11-13(5)12-14(17-16)15(6,8-2)18(9-3)10-4/h13-14,17H,7-12,16H2,1-6H3. The molecule has 0 spiro atoms. The summed E-state index contributed by atoms with van der Waals surface area (Å²) in [6.45, 7) is 15.9. The molecule has 0 aromatic carbocycles. The van der Waals surface area contributed by atoms with Gasteiger partial charge in [-0.2, -0.15) is 0 Å². The molecule has 3 heteroatoms. The smallest absolute Gasteiger partial charge is 0.0394 e. The van der Waals surface area contributed by atoms with Crippen molar-refractivity contribution in [2.24, 2.45) is 11.8 Å². The SMILES string of the molecule is CCCC(C)CC(NN)C(C)(CC)N(CC)CC. The average molecular weight is 257 g/mol. The van der Waals surface area contributed by atoms with Crippen molar-refractivity contribution in [3.63, 3.8) is 0 Å². The van der Waals surface area contributed by atoms with Gasteiger partial charge >= 0.3 is 0 Å². The van der Waals surface area contributed by atoms with E-state index in [1.165, 1.54) is 12.8 Å². The molecule has 3 N–H and O–H groups in total. The number of hydrazine groups is 1. The van der Waals surface area contributed by atoms with Gasteiger partial charge in [0.2, 0.25) is 0 Å². The number of likely N-dealkylation sites (N-methyl/N-ethyl adjacent to an activating group) is 1. The molecule has 0 rings (SSSR count). The zero-order valence-electron chi connectivity index (χ0n) is 13.4. The highest BCUT2D eigenvalue weighted by Gasteiger charge is 2.36. The molecule has 3 atom stereocenters. The minimum Gasteiger partial charge on any atom is -0.297 e. The molecule has 0 saturated heterocycles. The molecule has 0 saturated carbocycles. The molecule has 110 valence electrons. The van der Waals surface area contributed by atoms with Gasteiger partial charge in [0, 0.05) is 11.6 Å². The summed E-state index contributed by atoms with van der Waals surface area (Å²) in [5, 5.41) is 0. The van der Waals surface area contributed by atoms with Gasteiger partial charge in [0.15, 0.2) is 0 Å². The van der Waals surface area contributed by atoms with E-state index in [0.717, 1.165) is 31.8 Å². The van der Waals surface area contributed by atoms with Crippen molar-refractivity contribution in [3.8, 4) is 0 Å². The van der Waals surface area contributed by atoms with Gasteiger partial charge in [-0.1, -0.05) is 47.5 Å². The molecule has 3 unspecified atom stereocenters. The first-order valence-corrected chi connectivity index (χ1v) is 7.71. The van der Waals surface area contributed by atoms with E-state index in [9.17, 15) is 0 Å². The lowest BCUT2D eigenvalue weighted by atomic mass is 9.81. The minimum absolute atomic E-state index is 0.153. The van der Waals surface area contributed by atoms with E-state index < -0.39 is 0 Å². The largest absolute Gasteiger partial charge is 0.297 e. The molecular weight excluding hydrogens is 222 g/mol. The quantitative estimate of drug-likeness (QED) is 0.466. The summed E-state index contributed by atoms with van der Waals surface area (Å²) in [6, 6.07) is 0.365. The van der Waals surface area contributed by atoms with Crippen LogP contribution < -0.4 is 11.3 Å². The molecule has 0 heterocycles. The lowest BCUT2D eigenvalue weighted by Gasteiger charge is -2.46. The van der Waals surface area contributed by atoms with E-state index in [2.05, 4.69) is 51.9 Å². The van der Waals surface area contributed by atoms with Gasteiger partial charge in [-0.15, -0.1) is 0 Å². The molecule has 0 radical (unpaired) electrons. The van der Waals surface area contributed by atoms with E-state index in [-0.39, 0.29) is 5.54 Å². The first-order chi connectivity index (χ1) is 8.49. The van der Waals surface area contributed by atoms with Gasteiger partial charge in [-0.3, -0.25) is 16.2 Å². The van der Waals surface area contributed by atoms with Crippen LogP contribution in [-0.4, -0.2) is 29.6 Å². The van der Waals surface area contributed by atoms with E-state index in [0.29, 0.717) is 6.04 Å². The normalized spacial score (nSPS) is 18.7. The molecule has 0 aromatic rings. The number of nitrogens with zero attached hydrogens (tertiary/aromatic N) is 1. The molecule has 18 heavy (non-hydrogen) atoms. The van der Waals surface area contributed by atoms with Crippen molar-refractivity contribution in [3.05, 3.63) is 0 Å². The van der Waals surface area contributed by atoms with Gasteiger partial charge in [0.05, 0.1) is 0 Å². The highest BCUT2D eigenvalue weighted by atomic mass is 15.3. The first kappa shape index (κ1) is 17.9. The monoisotopic (exact) mass is 257 g/mol. The van der Waals surface area contributed by atoms with Crippen molar-refractivity contribution in [2.45, 2.75) is 78.8 Å². The van der Waals surface area contributed by atoms with E-state index in [4.69, 9.17) is 5.84 Å². The fourth-order valence-corrected chi connectivity index (χ4v) is 3.15. The van der Waals surface area contributed by atoms with E-state index in [1.807, 2.05) is 0 Å². The number of hydrogen-bond donors (Lipinski definition) is 2. The highest BCUT2D eigenvalue weighted by molar-refractivity contribution is 4.95. The van der Waals surface area contributed by atoms with Crippen LogP contribution in [0, 0.1) is 5.92 Å². The maximum Gasteiger partial charge on any atom is 0.0394 e. The summed E-state index contributed by atoms with van der Waals surface area (Å²) >= 11 is 0. The number of nitrogens with two attached hydrogens (primary N) is 1. The lowest BCUT2D eigenvalue weighted by Crippen LogP contribution is -2.61. The molecule has 0 aliphatic carbocycles. The summed E-state index contributed by atoms with van der Waals surface area (Å²) in [5.74, 6) is 6.58. The van der Waals surface area contributed by atoms with Gasteiger partial charge < -0.3 is 0 Å². The van der Waals surface area contributed by atoms with Crippen molar-refractivity contribution < 1.29 is 0 Å². The molecule has 0 aliphatic rings. The third kappa shape index (κ3) is 4.52. The fourth-order valence-electron chi connectivity index (χ4n) is 3.15. The summed E-state index contributed by atoms with van der Waals surface area (Å²) < 4.78 is 0. The Morgan fingerprint density at radius 3 is 2.06 bits per heavy atom. The first-order valence-electron chi connectivity index (χ1n) is 7.71. The van der Waals surface area contributed by atoms with Crippen LogP contribution in [0.2, 0.25) is 0 Å². The van der Waals surface area contributed by atoms with Crippen LogP contribution in [0.15, 0.2) is 0 Å². The molecule has 3 nitrogen and oxygen atoms in total. The minimum atomic E-state index is 0.153. The molecule has 0 aromatic heterocycles. The van der Waals surface area contributed by atoms with Crippen molar-refractivity contribution in [1.82, 2.24) is 10.3 Å². The van der Waals surface area contributed by atoms with Crippen LogP contribution >= 0.6 is 0 Å². The molecular formula is C15H35N3. The van der Waals surface area contributed by atoms with Crippen LogP contribution in [0.3, 0.4) is 0 Å². The summed E-state index contributed by atoms with van der Waals surface area (Å²) in [4.78, 5) is 2.54. The Bertz CT molecular complexity index is 204. The Labute approximate surface area is 114 Å². The predicted octanol–water partition coefficient (Wildman–Crippen LogP) is 3.16. The number of rotatable bonds is 10. The zero-order valence-corrected chi connectivity index (χ0v) is 13.4. The lowest BCUT2D eigenvalue weighted by molar-refractivity contribution is 0.0602. The number of hydrogen-bond acceptors (Lipinski definition) is 3. The van der Waals surface area contributed by atoms with E-state index in [1.54, 1.807) is 0 Å². The van der Waals surface area contributed by atoms with Crippen molar-refractivity contribution >= 4 is 0 Å². The second-order valence-corrected chi connectivity index (χ2v) is 5.73. The Kier molecular flexibility index (Phi) is 8.83. The van der Waals surface area contributed by atoms with Gasteiger partial charge in [-0.25, -0.2) is 0 Å². The Hall–Kier alpha value is -0.120. The highest BCUT2D eigenvalue weighted by Crippen LogP contribution is 2.28. The average Bonchev–Trinajstić information content (AvgIpc) is 2.37. The second kappa shape index (κ2) is 8.89. The fraction of sp³-hybridized carbons (Fsp3) is 1.00. The van der Waals surface area contributed by atoms with Gasteiger partial charge in [0.25, 0.3) is 0 Å². The van der Waals surface area contributed by atoms with Crippen molar-refractivity contribution in [1.29, 1.82) is 0 Å². The van der Waals surface area contributed by atoms with Crippen LogP contribution in [0.5, 0.6) is 0 Å². The van der Waals surface area contributed by atoms with Crippen molar-refractivity contribution in [2.75, 3.05) is 13.1 Å². The Morgan fingerprint density at radius 2 is 1.72 bits per heavy atom. The summed E-state index contributed by atoms with van der Waals surface area (Å²) in [7, 11) is 0. The third-order valence-corrected chi connectivity index (χ3v) is 4.57. The molecule has 0 bridgehead atoms. The Balaban J connectivity index is 4.83. The Morgan fingerprint density at radius 1 is 1.17 bits per heavy atom. The maximum atomic E-state index is 5.85. The summed E-state index contributed by atoms with van der Waals surface area (Å²) in [6.07, 6.45) is 4.83. The van der Waals surface area contributed by atoms with Crippen LogP contribution in [0.4, 0.5) is 0 Å². The third-order valence-electron chi connectivity index (χ3n) is 4.57. The predicted molar refractivity (Wildman–Crippen MR) is 81.4 cm³/mol. The summed E-state index contributed by atoms with van der Waals surface area (Å²) in [5.41, 5.74) is 3.24. The van der Waals surface area contributed by atoms with Gasteiger partial charge in [-0.05, 0) is 38.8 Å². The second-order valence-electron chi connectivity index (χ2n) is 5.73. The van der Waals surface area contributed by atoms with Crippen LogP contribution in [-0.2, 0) is 0 Å². The molecule has 0 fully saturated rings. The van der Waals surface area contributed by atoms with E-state index >= 15 is 0 Å². The number of nitrogens with one attached hydrogen (secondary N) is 1. The van der Waals surface area contributed by atoms with Crippen LogP contribution in [0.25, 0.3) is 0 Å².